The van der Waals surface area contributed by atoms with Crippen molar-refractivity contribution < 1.29 is 4.74 Å². The minimum Gasteiger partial charge on any atom is -0.486 e. The molecular weight excluding hydrogens is 337 g/mol. The lowest BCUT2D eigenvalue weighted by atomic mass is 10.2. The van der Waals surface area contributed by atoms with Gasteiger partial charge in [-0.3, -0.25) is 0 Å². The maximum absolute atomic E-state index is 5.83. The number of ether oxygens (including phenoxy) is 1. The zero-order valence-corrected chi connectivity index (χ0v) is 12.9. The predicted molar refractivity (Wildman–Crippen MR) is 79.3 cm³/mol. The van der Waals surface area contributed by atoms with Gasteiger partial charge >= 0.3 is 0 Å². The number of benzene rings is 1. The normalized spacial score (nSPS) is 15.8. The number of hydrogen-bond donors (Lipinski definition) is 1. The fourth-order valence-electron chi connectivity index (χ4n) is 1.57. The molecule has 5 heteroatoms. The molecule has 2 nitrogen and oxygen atoms in total. The number of nitrogens with one attached hydrogen (secondary N) is 1. The fourth-order valence-corrected chi connectivity index (χ4v) is 2.21. The Morgan fingerprint density at radius 1 is 1.50 bits per heavy atom. The van der Waals surface area contributed by atoms with E-state index >= 15 is 0 Å². The van der Waals surface area contributed by atoms with Crippen molar-refractivity contribution in [3.05, 3.63) is 38.8 Å². The summed E-state index contributed by atoms with van der Waals surface area (Å²) in [6.45, 7) is 1.09. The van der Waals surface area contributed by atoms with Gasteiger partial charge in [0.25, 0.3) is 0 Å². The van der Waals surface area contributed by atoms with Gasteiger partial charge in [0, 0.05) is 23.7 Å². The van der Waals surface area contributed by atoms with Gasteiger partial charge in [-0.25, -0.2) is 0 Å². The Hall–Kier alpha value is -0.220. The second kappa shape index (κ2) is 6.80. The minimum absolute atomic E-state index is 0.282. The quantitative estimate of drug-likeness (QED) is 0.821. The molecule has 2 rings (SSSR count). The van der Waals surface area contributed by atoms with Crippen molar-refractivity contribution in [2.45, 2.75) is 25.4 Å². The van der Waals surface area contributed by atoms with Crippen molar-refractivity contribution in [3.8, 4) is 5.75 Å². The van der Waals surface area contributed by atoms with Crippen LogP contribution in [0, 0.1) is 0 Å². The van der Waals surface area contributed by atoms with Gasteiger partial charge in [0.1, 0.15) is 12.4 Å². The maximum Gasteiger partial charge on any atom is 0.138 e. The van der Waals surface area contributed by atoms with Gasteiger partial charge in [0.05, 0.1) is 9.51 Å². The van der Waals surface area contributed by atoms with Gasteiger partial charge in [-0.05, 0) is 34.8 Å². The summed E-state index contributed by atoms with van der Waals surface area (Å²) in [4.78, 5) is 0. The molecule has 0 spiro atoms. The van der Waals surface area contributed by atoms with Crippen LogP contribution in [0.25, 0.3) is 0 Å². The average Bonchev–Trinajstić information content (AvgIpc) is 3.18. The van der Waals surface area contributed by atoms with E-state index in [1.807, 2.05) is 18.2 Å². The fraction of sp³-hybridized carbons (Fsp3) is 0.385. The first-order valence-electron chi connectivity index (χ1n) is 5.79. The molecule has 0 atom stereocenters. The van der Waals surface area contributed by atoms with Crippen molar-refractivity contribution in [2.75, 3.05) is 6.61 Å². The smallest absolute Gasteiger partial charge is 0.138 e. The summed E-state index contributed by atoms with van der Waals surface area (Å²) in [5.74, 6) is 0.822. The zero-order valence-electron chi connectivity index (χ0n) is 9.76. The molecule has 0 bridgehead atoms. The van der Waals surface area contributed by atoms with E-state index in [-0.39, 0.29) is 6.61 Å². The molecule has 0 unspecified atom stereocenters. The lowest BCUT2D eigenvalue weighted by Crippen LogP contribution is -2.16. The van der Waals surface area contributed by atoms with Crippen LogP contribution in [0.5, 0.6) is 5.75 Å². The largest absolute Gasteiger partial charge is 0.486 e. The molecular formula is C13H14BrCl2NO. The first-order chi connectivity index (χ1) is 8.70. The second-order valence-electron chi connectivity index (χ2n) is 4.23. The molecule has 1 aromatic rings. The summed E-state index contributed by atoms with van der Waals surface area (Å²) in [5, 5.41) is 3.95. The van der Waals surface area contributed by atoms with Crippen molar-refractivity contribution >= 4 is 39.1 Å². The van der Waals surface area contributed by atoms with E-state index in [9.17, 15) is 0 Å². The Kier molecular flexibility index (Phi) is 5.37. The second-order valence-corrected chi connectivity index (χ2v) is 5.79. The predicted octanol–water partition coefficient (Wildman–Crippen LogP) is 4.40. The van der Waals surface area contributed by atoms with Crippen LogP contribution in [0.3, 0.4) is 0 Å². The summed E-state index contributed by atoms with van der Waals surface area (Å²) in [5.41, 5.74) is 2.44. The van der Waals surface area contributed by atoms with E-state index in [0.717, 1.165) is 22.3 Å². The highest BCUT2D eigenvalue weighted by Crippen LogP contribution is 2.30. The monoisotopic (exact) mass is 349 g/mol. The van der Waals surface area contributed by atoms with Crippen molar-refractivity contribution in [2.24, 2.45) is 0 Å². The molecule has 1 aliphatic carbocycles. The first-order valence-corrected chi connectivity index (χ1v) is 7.39. The first kappa shape index (κ1) is 14.2. The third kappa shape index (κ3) is 4.16. The van der Waals surface area contributed by atoms with Gasteiger partial charge in [-0.2, -0.15) is 0 Å². The number of hydrogen-bond acceptors (Lipinski definition) is 2. The summed E-state index contributed by atoms with van der Waals surface area (Å²) >= 11 is 14.8. The van der Waals surface area contributed by atoms with Gasteiger partial charge in [-0.1, -0.05) is 35.3 Å². The van der Waals surface area contributed by atoms with Crippen molar-refractivity contribution in [1.29, 1.82) is 0 Å². The third-order valence-corrected chi connectivity index (χ3v) is 3.90. The van der Waals surface area contributed by atoms with Crippen molar-refractivity contribution in [1.82, 2.24) is 5.32 Å². The van der Waals surface area contributed by atoms with E-state index in [2.05, 4.69) is 21.2 Å². The van der Waals surface area contributed by atoms with E-state index in [0.29, 0.717) is 11.1 Å². The molecule has 0 radical (unpaired) electrons. The Bertz CT molecular complexity index is 447. The summed E-state index contributed by atoms with van der Waals surface area (Å²) in [7, 11) is 0. The van der Waals surface area contributed by atoms with Gasteiger partial charge in [-0.15, -0.1) is 0 Å². The van der Waals surface area contributed by atoms with Crippen LogP contribution in [0.1, 0.15) is 18.4 Å². The van der Waals surface area contributed by atoms with Crippen molar-refractivity contribution in [3.63, 3.8) is 0 Å². The molecule has 0 heterocycles. The number of rotatable bonds is 6. The van der Waals surface area contributed by atoms with Crippen LogP contribution < -0.4 is 10.1 Å². The Labute approximate surface area is 125 Å². The molecule has 1 saturated carbocycles. The van der Waals surface area contributed by atoms with E-state index in [1.54, 1.807) is 0 Å². The molecule has 0 aromatic heterocycles. The SMILES string of the molecule is ClC=C(Cl)COc1c(Br)cccc1CNC1CC1. The van der Waals surface area contributed by atoms with Gasteiger partial charge in [0.15, 0.2) is 0 Å². The lowest BCUT2D eigenvalue weighted by Gasteiger charge is -2.13. The van der Waals surface area contributed by atoms with Gasteiger partial charge in [0.2, 0.25) is 0 Å². The number of para-hydroxylation sites is 1. The topological polar surface area (TPSA) is 21.3 Å². The molecule has 1 aromatic carbocycles. The number of halogens is 3. The average molecular weight is 351 g/mol. The summed E-state index contributed by atoms with van der Waals surface area (Å²) in [6, 6.07) is 6.67. The zero-order chi connectivity index (χ0) is 13.0. The van der Waals surface area contributed by atoms with Gasteiger partial charge < -0.3 is 10.1 Å². The highest BCUT2D eigenvalue weighted by molar-refractivity contribution is 9.10. The van der Waals surface area contributed by atoms with Crippen LogP contribution in [-0.4, -0.2) is 12.6 Å². The van der Waals surface area contributed by atoms with Crippen LogP contribution in [0.15, 0.2) is 33.2 Å². The molecule has 18 heavy (non-hydrogen) atoms. The molecule has 1 fully saturated rings. The van der Waals surface area contributed by atoms with E-state index < -0.39 is 0 Å². The minimum atomic E-state index is 0.282. The maximum atomic E-state index is 5.83. The standard InChI is InChI=1S/C13H14BrCl2NO/c14-12-3-1-2-9(7-17-11-4-5-11)13(12)18-8-10(16)6-15/h1-3,6,11,17H,4-5,7-8H2. The van der Waals surface area contributed by atoms with E-state index in [4.69, 9.17) is 27.9 Å². The Morgan fingerprint density at radius 2 is 2.28 bits per heavy atom. The summed E-state index contributed by atoms with van der Waals surface area (Å²) < 4.78 is 6.63. The lowest BCUT2D eigenvalue weighted by molar-refractivity contribution is 0.351. The molecule has 0 saturated heterocycles. The third-order valence-electron chi connectivity index (χ3n) is 2.68. The van der Waals surface area contributed by atoms with Crippen LogP contribution in [0.4, 0.5) is 0 Å². The van der Waals surface area contributed by atoms with Crippen LogP contribution in [-0.2, 0) is 6.54 Å². The van der Waals surface area contributed by atoms with E-state index in [1.165, 1.54) is 18.4 Å². The molecule has 0 amide bonds. The Balaban J connectivity index is 2.04. The Morgan fingerprint density at radius 3 is 2.94 bits per heavy atom. The highest BCUT2D eigenvalue weighted by Gasteiger charge is 2.21. The summed E-state index contributed by atoms with van der Waals surface area (Å²) in [6.07, 6.45) is 2.54. The molecule has 1 N–H and O–H groups in total. The van der Waals surface area contributed by atoms with Crippen LogP contribution in [0.2, 0.25) is 0 Å². The molecule has 1 aliphatic rings. The molecule has 98 valence electrons. The van der Waals surface area contributed by atoms with Crippen LogP contribution >= 0.6 is 39.1 Å². The highest BCUT2D eigenvalue weighted by atomic mass is 79.9. The molecule has 0 aliphatic heterocycles.